The topological polar surface area (TPSA) is 67.3 Å². The molecule has 0 saturated carbocycles. The van der Waals surface area contributed by atoms with Gasteiger partial charge in [0, 0.05) is 24.2 Å². The van der Waals surface area contributed by atoms with Crippen LogP contribution in [0.5, 0.6) is 5.88 Å². The average molecular weight is 362 g/mol. The molecule has 3 aromatic rings. The van der Waals surface area contributed by atoms with Crippen molar-refractivity contribution in [2.45, 2.75) is 25.9 Å². The van der Waals surface area contributed by atoms with Gasteiger partial charge in [-0.15, -0.1) is 0 Å². The van der Waals surface area contributed by atoms with E-state index in [2.05, 4.69) is 15.3 Å². The Morgan fingerprint density at radius 1 is 1.19 bits per heavy atom. The Balaban J connectivity index is 1.44. The molecule has 1 atom stereocenters. The smallest absolute Gasteiger partial charge is 0.321 e. The highest BCUT2D eigenvalue weighted by molar-refractivity contribution is 6.01. The summed E-state index contributed by atoms with van der Waals surface area (Å²) in [6.45, 7) is 3.09. The molecule has 2 amide bonds. The Morgan fingerprint density at radius 2 is 2.04 bits per heavy atom. The predicted octanol–water partition coefficient (Wildman–Crippen LogP) is 4.01. The van der Waals surface area contributed by atoms with E-state index in [1.165, 1.54) is 0 Å². The van der Waals surface area contributed by atoms with E-state index in [1.54, 1.807) is 12.3 Å². The van der Waals surface area contributed by atoms with Crippen molar-refractivity contribution in [1.29, 1.82) is 0 Å². The molecule has 6 heteroatoms. The summed E-state index contributed by atoms with van der Waals surface area (Å²) < 4.78 is 5.96. The number of rotatable bonds is 3. The van der Waals surface area contributed by atoms with Crippen LogP contribution in [0.25, 0.3) is 10.8 Å². The lowest BCUT2D eigenvalue weighted by atomic mass is 10.1. The van der Waals surface area contributed by atoms with Gasteiger partial charge < -0.3 is 15.0 Å². The van der Waals surface area contributed by atoms with E-state index in [0.29, 0.717) is 18.2 Å². The summed E-state index contributed by atoms with van der Waals surface area (Å²) in [6.07, 6.45) is 3.43. The molecular formula is C21H22N4O2. The number of piperidine rings is 1. The molecular weight excluding hydrogens is 340 g/mol. The summed E-state index contributed by atoms with van der Waals surface area (Å²) in [7, 11) is 0. The van der Waals surface area contributed by atoms with E-state index >= 15 is 0 Å². The fraction of sp³-hybridized carbons (Fsp3) is 0.286. The van der Waals surface area contributed by atoms with Crippen LogP contribution in [0, 0.1) is 6.92 Å². The molecule has 0 bridgehead atoms. The number of ether oxygens (including phenoxy) is 1. The van der Waals surface area contributed by atoms with E-state index in [9.17, 15) is 4.79 Å². The first-order valence-electron chi connectivity index (χ1n) is 9.19. The predicted molar refractivity (Wildman–Crippen MR) is 105 cm³/mol. The standard InChI is InChI=1S/C21H22N4O2/c1-15-22-12-11-20(23-15)27-17-8-5-13-25(14-17)21(26)24-19-10-4-7-16-6-2-3-9-18(16)19/h2-4,6-7,9-12,17H,5,8,13-14H2,1H3,(H,24,26). The van der Waals surface area contributed by atoms with Crippen LogP contribution in [0.15, 0.2) is 54.7 Å². The van der Waals surface area contributed by atoms with Crippen LogP contribution >= 0.6 is 0 Å². The lowest BCUT2D eigenvalue weighted by Crippen LogP contribution is -2.46. The van der Waals surface area contributed by atoms with Crippen LogP contribution in [0.2, 0.25) is 0 Å². The molecule has 138 valence electrons. The summed E-state index contributed by atoms with van der Waals surface area (Å²) in [5.41, 5.74) is 0.826. The number of fused-ring (bicyclic) bond motifs is 1. The average Bonchev–Trinajstić information content (AvgIpc) is 2.68. The molecule has 27 heavy (non-hydrogen) atoms. The van der Waals surface area contributed by atoms with Crippen molar-refractivity contribution < 1.29 is 9.53 Å². The summed E-state index contributed by atoms with van der Waals surface area (Å²) >= 11 is 0. The van der Waals surface area contributed by atoms with Gasteiger partial charge in [-0.05, 0) is 31.2 Å². The van der Waals surface area contributed by atoms with Gasteiger partial charge in [0.2, 0.25) is 5.88 Å². The lowest BCUT2D eigenvalue weighted by molar-refractivity contribution is 0.102. The zero-order valence-corrected chi connectivity index (χ0v) is 15.3. The van der Waals surface area contributed by atoms with Crippen LogP contribution in [-0.2, 0) is 0 Å². The van der Waals surface area contributed by atoms with Crippen molar-refractivity contribution >= 4 is 22.5 Å². The molecule has 1 aromatic heterocycles. The van der Waals surface area contributed by atoms with Gasteiger partial charge in [0.25, 0.3) is 0 Å². The van der Waals surface area contributed by atoms with Crippen molar-refractivity contribution in [3.05, 3.63) is 60.6 Å². The number of anilines is 1. The number of carbonyl (C=O) groups is 1. The SMILES string of the molecule is Cc1nccc(OC2CCCN(C(=O)Nc3cccc4ccccc34)C2)n1. The Labute approximate surface area is 158 Å². The van der Waals surface area contributed by atoms with Crippen LogP contribution < -0.4 is 10.1 Å². The first-order chi connectivity index (χ1) is 13.2. The number of hydrogen-bond donors (Lipinski definition) is 1. The molecule has 1 fully saturated rings. The molecule has 1 saturated heterocycles. The normalized spacial score (nSPS) is 16.9. The lowest BCUT2D eigenvalue weighted by Gasteiger charge is -2.32. The second-order valence-corrected chi connectivity index (χ2v) is 6.73. The van der Waals surface area contributed by atoms with Crippen LogP contribution in [0.4, 0.5) is 10.5 Å². The van der Waals surface area contributed by atoms with E-state index in [4.69, 9.17) is 4.74 Å². The van der Waals surface area contributed by atoms with Crippen LogP contribution in [-0.4, -0.2) is 40.1 Å². The maximum Gasteiger partial charge on any atom is 0.321 e. The molecule has 6 nitrogen and oxygen atoms in total. The van der Waals surface area contributed by atoms with E-state index < -0.39 is 0 Å². The van der Waals surface area contributed by atoms with Gasteiger partial charge in [0.1, 0.15) is 11.9 Å². The number of amides is 2. The maximum absolute atomic E-state index is 12.8. The molecule has 1 aliphatic heterocycles. The maximum atomic E-state index is 12.8. The van der Waals surface area contributed by atoms with Crippen molar-refractivity contribution in [2.75, 3.05) is 18.4 Å². The number of nitrogens with one attached hydrogen (secondary N) is 1. The van der Waals surface area contributed by atoms with Crippen molar-refractivity contribution in [1.82, 2.24) is 14.9 Å². The molecule has 1 aliphatic rings. The Hall–Kier alpha value is -3.15. The number of hydrogen-bond acceptors (Lipinski definition) is 4. The molecule has 0 spiro atoms. The van der Waals surface area contributed by atoms with Gasteiger partial charge in [0.15, 0.2) is 0 Å². The monoisotopic (exact) mass is 362 g/mol. The van der Waals surface area contributed by atoms with Crippen molar-refractivity contribution in [3.63, 3.8) is 0 Å². The number of nitrogens with zero attached hydrogens (tertiary/aromatic N) is 3. The van der Waals surface area contributed by atoms with Gasteiger partial charge in [0.05, 0.1) is 12.2 Å². The number of urea groups is 1. The summed E-state index contributed by atoms with van der Waals surface area (Å²) in [5, 5.41) is 5.20. The molecule has 1 unspecified atom stereocenters. The molecule has 2 aromatic carbocycles. The Morgan fingerprint density at radius 3 is 2.93 bits per heavy atom. The third-order valence-corrected chi connectivity index (χ3v) is 4.73. The fourth-order valence-electron chi connectivity index (χ4n) is 3.42. The highest BCUT2D eigenvalue weighted by atomic mass is 16.5. The zero-order chi connectivity index (χ0) is 18.6. The van der Waals surface area contributed by atoms with Gasteiger partial charge in [-0.25, -0.2) is 9.78 Å². The van der Waals surface area contributed by atoms with Crippen molar-refractivity contribution in [2.24, 2.45) is 0 Å². The minimum absolute atomic E-state index is 0.0636. The number of aryl methyl sites for hydroxylation is 1. The fourth-order valence-corrected chi connectivity index (χ4v) is 3.42. The minimum Gasteiger partial charge on any atom is -0.472 e. The Kier molecular flexibility index (Phi) is 4.87. The molecule has 1 N–H and O–H groups in total. The van der Waals surface area contributed by atoms with Gasteiger partial charge >= 0.3 is 6.03 Å². The highest BCUT2D eigenvalue weighted by Gasteiger charge is 2.25. The largest absolute Gasteiger partial charge is 0.472 e. The summed E-state index contributed by atoms with van der Waals surface area (Å²) in [5.74, 6) is 1.23. The van der Waals surface area contributed by atoms with Gasteiger partial charge in [-0.1, -0.05) is 36.4 Å². The molecule has 0 radical (unpaired) electrons. The van der Waals surface area contributed by atoms with Gasteiger partial charge in [-0.3, -0.25) is 0 Å². The quantitative estimate of drug-likeness (QED) is 0.764. The van der Waals surface area contributed by atoms with Crippen LogP contribution in [0.1, 0.15) is 18.7 Å². The highest BCUT2D eigenvalue weighted by Crippen LogP contribution is 2.24. The van der Waals surface area contributed by atoms with Gasteiger partial charge in [-0.2, -0.15) is 4.98 Å². The number of benzene rings is 2. The number of aromatic nitrogens is 2. The molecule has 0 aliphatic carbocycles. The summed E-state index contributed by atoms with van der Waals surface area (Å²) in [6, 6.07) is 15.6. The second-order valence-electron chi connectivity index (χ2n) is 6.73. The first-order valence-corrected chi connectivity index (χ1v) is 9.19. The third-order valence-electron chi connectivity index (χ3n) is 4.73. The van der Waals surface area contributed by atoms with E-state index in [0.717, 1.165) is 35.8 Å². The van der Waals surface area contributed by atoms with Crippen LogP contribution in [0.3, 0.4) is 0 Å². The van der Waals surface area contributed by atoms with E-state index in [-0.39, 0.29) is 12.1 Å². The Bertz CT molecular complexity index is 954. The van der Waals surface area contributed by atoms with Crippen molar-refractivity contribution in [3.8, 4) is 5.88 Å². The minimum atomic E-state index is -0.0986. The zero-order valence-electron chi connectivity index (χ0n) is 15.3. The number of carbonyl (C=O) groups excluding carboxylic acids is 1. The second kappa shape index (κ2) is 7.61. The van der Waals surface area contributed by atoms with E-state index in [1.807, 2.05) is 54.3 Å². The summed E-state index contributed by atoms with van der Waals surface area (Å²) in [4.78, 5) is 23.0. The molecule has 4 rings (SSSR count). The molecule has 2 heterocycles. The first kappa shape index (κ1) is 17.3. The number of likely N-dealkylation sites (tertiary alicyclic amines) is 1. The third kappa shape index (κ3) is 4.00.